The van der Waals surface area contributed by atoms with Gasteiger partial charge in [-0.05, 0) is 49.4 Å². The third kappa shape index (κ3) is 0.493. The van der Waals surface area contributed by atoms with Crippen LogP contribution in [0, 0.1) is 23.7 Å². The maximum Gasteiger partial charge on any atom is 0.00443 e. The fraction of sp³-hybridized carbons (Fsp3) is 1.00. The number of hydrogen-bond acceptors (Lipinski definition) is 1. The smallest absolute Gasteiger partial charge is 0.00443 e. The van der Waals surface area contributed by atoms with E-state index in [4.69, 9.17) is 5.73 Å². The maximum atomic E-state index is 5.94. The van der Waals surface area contributed by atoms with Gasteiger partial charge in [-0.25, -0.2) is 0 Å². The summed E-state index contributed by atoms with van der Waals surface area (Å²) in [6, 6.07) is 0.562. The predicted molar refractivity (Wildman–Crippen MR) is 40.4 cm³/mol. The van der Waals surface area contributed by atoms with E-state index < -0.39 is 0 Å². The molecule has 0 bridgehead atoms. The molecule has 3 fully saturated rings. The van der Waals surface area contributed by atoms with Gasteiger partial charge in [-0.2, -0.15) is 0 Å². The lowest BCUT2D eigenvalue weighted by atomic mass is 9.43. The van der Waals surface area contributed by atoms with Crippen LogP contribution in [-0.2, 0) is 0 Å². The molecule has 0 aliphatic heterocycles. The van der Waals surface area contributed by atoms with Gasteiger partial charge < -0.3 is 5.73 Å². The average molecular weight is 137 g/mol. The normalized spacial score (nSPS) is 63.9. The van der Waals surface area contributed by atoms with E-state index in [9.17, 15) is 0 Å². The van der Waals surface area contributed by atoms with Crippen LogP contribution in [0.15, 0.2) is 0 Å². The third-order valence-electron chi connectivity index (χ3n) is 4.05. The Kier molecular flexibility index (Phi) is 0.883. The number of hydrogen-bond donors (Lipinski definition) is 1. The van der Waals surface area contributed by atoms with Gasteiger partial charge in [0.05, 0.1) is 0 Å². The molecule has 3 aliphatic rings. The van der Waals surface area contributed by atoms with Crippen molar-refractivity contribution in [3.05, 3.63) is 0 Å². The van der Waals surface area contributed by atoms with Crippen LogP contribution >= 0.6 is 0 Å². The molecule has 2 unspecified atom stereocenters. The molecule has 0 spiro atoms. The van der Waals surface area contributed by atoms with E-state index in [0.29, 0.717) is 6.04 Å². The standard InChI is InChI=1S/C9H15N/c10-8-3-6-1-5-2-7(4-8)9(5)6/h5-9H,1-4,10H2/t5?,6-,7+,8+,9?. The van der Waals surface area contributed by atoms with Crippen molar-refractivity contribution in [3.8, 4) is 0 Å². The summed E-state index contributed by atoms with van der Waals surface area (Å²) in [5.41, 5.74) is 5.94. The molecule has 0 aromatic carbocycles. The van der Waals surface area contributed by atoms with Gasteiger partial charge in [0.25, 0.3) is 0 Å². The molecule has 2 N–H and O–H groups in total. The van der Waals surface area contributed by atoms with Crippen LogP contribution in [0.5, 0.6) is 0 Å². The monoisotopic (exact) mass is 137 g/mol. The van der Waals surface area contributed by atoms with Crippen molar-refractivity contribution in [2.24, 2.45) is 29.4 Å². The van der Waals surface area contributed by atoms with Crippen molar-refractivity contribution >= 4 is 0 Å². The van der Waals surface area contributed by atoms with Crippen LogP contribution < -0.4 is 5.73 Å². The van der Waals surface area contributed by atoms with Crippen LogP contribution in [0.1, 0.15) is 25.7 Å². The lowest BCUT2D eigenvalue weighted by Crippen LogP contribution is -2.57. The van der Waals surface area contributed by atoms with Crippen molar-refractivity contribution in [1.82, 2.24) is 0 Å². The molecule has 0 saturated heterocycles. The van der Waals surface area contributed by atoms with Gasteiger partial charge in [0, 0.05) is 6.04 Å². The summed E-state index contributed by atoms with van der Waals surface area (Å²) in [7, 11) is 0. The highest BCUT2D eigenvalue weighted by Crippen LogP contribution is 2.63. The van der Waals surface area contributed by atoms with Crippen molar-refractivity contribution in [1.29, 1.82) is 0 Å². The molecular formula is C9H15N. The van der Waals surface area contributed by atoms with Crippen molar-refractivity contribution < 1.29 is 0 Å². The highest BCUT2D eigenvalue weighted by molar-refractivity contribution is 5.06. The largest absolute Gasteiger partial charge is 0.328 e. The summed E-state index contributed by atoms with van der Waals surface area (Å²) in [5, 5.41) is 0. The van der Waals surface area contributed by atoms with Crippen LogP contribution in [0.3, 0.4) is 0 Å². The molecule has 1 nitrogen and oxygen atoms in total. The molecule has 0 aromatic heterocycles. The van der Waals surface area contributed by atoms with E-state index in [2.05, 4.69) is 0 Å². The van der Waals surface area contributed by atoms with Crippen LogP contribution in [-0.4, -0.2) is 6.04 Å². The Labute approximate surface area is 62.0 Å². The fourth-order valence-electron chi connectivity index (χ4n) is 3.65. The van der Waals surface area contributed by atoms with Gasteiger partial charge in [-0.15, -0.1) is 0 Å². The van der Waals surface area contributed by atoms with Crippen LogP contribution in [0.4, 0.5) is 0 Å². The second kappa shape index (κ2) is 1.58. The van der Waals surface area contributed by atoms with Crippen molar-refractivity contribution in [2.45, 2.75) is 31.7 Å². The van der Waals surface area contributed by atoms with E-state index in [-0.39, 0.29) is 0 Å². The van der Waals surface area contributed by atoms with Crippen LogP contribution in [0.2, 0.25) is 0 Å². The second-order valence-corrected chi connectivity index (χ2v) is 4.56. The van der Waals surface area contributed by atoms with Gasteiger partial charge >= 0.3 is 0 Å². The summed E-state index contributed by atoms with van der Waals surface area (Å²) < 4.78 is 0. The molecule has 3 rings (SSSR count). The Morgan fingerprint density at radius 2 is 1.30 bits per heavy atom. The Bertz CT molecular complexity index is 150. The molecule has 56 valence electrons. The molecule has 0 amide bonds. The third-order valence-corrected chi connectivity index (χ3v) is 4.05. The molecule has 1 heteroatoms. The summed E-state index contributed by atoms with van der Waals surface area (Å²) in [4.78, 5) is 0. The summed E-state index contributed by atoms with van der Waals surface area (Å²) in [6.45, 7) is 0. The molecule has 3 aliphatic carbocycles. The summed E-state index contributed by atoms with van der Waals surface area (Å²) in [6.07, 6.45) is 5.74. The molecular weight excluding hydrogens is 122 g/mol. The molecule has 0 radical (unpaired) electrons. The summed E-state index contributed by atoms with van der Waals surface area (Å²) >= 11 is 0. The first-order chi connectivity index (χ1) is 4.84. The van der Waals surface area contributed by atoms with Gasteiger partial charge in [0.2, 0.25) is 0 Å². The molecule has 5 atom stereocenters. The Balaban J connectivity index is 1.80. The lowest BCUT2D eigenvalue weighted by Gasteiger charge is -2.63. The van der Waals surface area contributed by atoms with Gasteiger partial charge in [0.15, 0.2) is 0 Å². The van der Waals surface area contributed by atoms with E-state index in [1.165, 1.54) is 25.7 Å². The second-order valence-electron chi connectivity index (χ2n) is 4.56. The fourth-order valence-corrected chi connectivity index (χ4v) is 3.65. The van der Waals surface area contributed by atoms with Gasteiger partial charge in [0.1, 0.15) is 0 Å². The Morgan fingerprint density at radius 1 is 0.800 bits per heavy atom. The first kappa shape index (κ1) is 5.59. The Hall–Kier alpha value is -0.0400. The molecule has 3 saturated carbocycles. The maximum absolute atomic E-state index is 5.94. The minimum Gasteiger partial charge on any atom is -0.328 e. The van der Waals surface area contributed by atoms with Gasteiger partial charge in [-0.3, -0.25) is 0 Å². The minimum atomic E-state index is 0.562. The Morgan fingerprint density at radius 3 is 1.80 bits per heavy atom. The predicted octanol–water partition coefficient (Wildman–Crippen LogP) is 1.38. The SMILES string of the molecule is N[C@H]1C[C@H]2CC3C[C@@H](C1)C32. The highest BCUT2D eigenvalue weighted by atomic mass is 14.7. The van der Waals surface area contributed by atoms with E-state index >= 15 is 0 Å². The lowest BCUT2D eigenvalue weighted by molar-refractivity contribution is -0.125. The molecule has 0 aromatic rings. The van der Waals surface area contributed by atoms with E-state index in [1.807, 2.05) is 0 Å². The van der Waals surface area contributed by atoms with Crippen molar-refractivity contribution in [2.75, 3.05) is 0 Å². The number of rotatable bonds is 0. The first-order valence-electron chi connectivity index (χ1n) is 4.60. The zero-order valence-corrected chi connectivity index (χ0v) is 6.29. The zero-order chi connectivity index (χ0) is 6.72. The first-order valence-corrected chi connectivity index (χ1v) is 4.60. The van der Waals surface area contributed by atoms with Gasteiger partial charge in [-0.1, -0.05) is 0 Å². The quantitative estimate of drug-likeness (QED) is 0.536. The minimum absolute atomic E-state index is 0.562. The highest BCUT2D eigenvalue weighted by Gasteiger charge is 2.56. The topological polar surface area (TPSA) is 26.0 Å². The van der Waals surface area contributed by atoms with Crippen LogP contribution in [0.25, 0.3) is 0 Å². The summed E-state index contributed by atoms with van der Waals surface area (Å²) in [5.74, 6) is 4.43. The zero-order valence-electron chi connectivity index (χ0n) is 6.29. The average Bonchev–Trinajstić information content (AvgIpc) is 1.78. The van der Waals surface area contributed by atoms with E-state index in [0.717, 1.165) is 23.7 Å². The number of nitrogens with two attached hydrogens (primary N) is 1. The molecule has 10 heavy (non-hydrogen) atoms. The van der Waals surface area contributed by atoms with Crippen molar-refractivity contribution in [3.63, 3.8) is 0 Å². The molecule has 0 heterocycles. The van der Waals surface area contributed by atoms with E-state index in [1.54, 1.807) is 0 Å².